The van der Waals surface area contributed by atoms with Crippen molar-refractivity contribution in [2.45, 2.75) is 19.6 Å². The number of aryl methyl sites for hydroxylation is 1. The van der Waals surface area contributed by atoms with Gasteiger partial charge in [-0.15, -0.1) is 0 Å². The van der Waals surface area contributed by atoms with Crippen LogP contribution in [-0.2, 0) is 6.54 Å². The van der Waals surface area contributed by atoms with Crippen molar-refractivity contribution in [3.05, 3.63) is 42.1 Å². The molecule has 2 aromatic rings. The quantitative estimate of drug-likeness (QED) is 0.717. The van der Waals surface area contributed by atoms with E-state index < -0.39 is 6.10 Å². The molecule has 3 rings (SSSR count). The van der Waals surface area contributed by atoms with Crippen molar-refractivity contribution in [2.24, 2.45) is 5.92 Å². The lowest BCUT2D eigenvalue weighted by atomic mass is 10.1. The van der Waals surface area contributed by atoms with Gasteiger partial charge in [0, 0.05) is 38.2 Å². The van der Waals surface area contributed by atoms with Crippen LogP contribution in [0.5, 0.6) is 5.75 Å². The topological polar surface area (TPSA) is 71.3 Å². The minimum atomic E-state index is -0.521. The molecular formula is C17H24N4O2. The van der Waals surface area contributed by atoms with Gasteiger partial charge in [-0.3, -0.25) is 0 Å². The highest BCUT2D eigenvalue weighted by Crippen LogP contribution is 2.15. The van der Waals surface area contributed by atoms with Gasteiger partial charge in [-0.25, -0.2) is 4.68 Å². The Hall–Kier alpha value is -2.05. The Bertz CT molecular complexity index is 629. The van der Waals surface area contributed by atoms with E-state index in [1.165, 1.54) is 0 Å². The first-order valence-corrected chi connectivity index (χ1v) is 8.04. The summed E-state index contributed by atoms with van der Waals surface area (Å²) in [6.45, 7) is 5.51. The molecule has 1 aromatic carbocycles. The van der Waals surface area contributed by atoms with Gasteiger partial charge in [0.25, 0.3) is 0 Å². The SMILES string of the molecule is Cc1cccc(OC[C@H](O)CNC[C@@H]2CNc3ccnn3C2)c1. The summed E-state index contributed by atoms with van der Waals surface area (Å²) in [5.74, 6) is 2.34. The molecule has 0 fully saturated rings. The van der Waals surface area contributed by atoms with Gasteiger partial charge in [-0.1, -0.05) is 12.1 Å². The Morgan fingerprint density at radius 1 is 1.48 bits per heavy atom. The molecule has 0 saturated carbocycles. The minimum Gasteiger partial charge on any atom is -0.491 e. The number of fused-ring (bicyclic) bond motifs is 1. The summed E-state index contributed by atoms with van der Waals surface area (Å²) < 4.78 is 7.59. The summed E-state index contributed by atoms with van der Waals surface area (Å²) >= 11 is 0. The Morgan fingerprint density at radius 2 is 2.39 bits per heavy atom. The predicted molar refractivity (Wildman–Crippen MR) is 89.8 cm³/mol. The minimum absolute atomic E-state index is 0.294. The van der Waals surface area contributed by atoms with E-state index in [1.54, 1.807) is 0 Å². The van der Waals surface area contributed by atoms with Gasteiger partial charge >= 0.3 is 0 Å². The third kappa shape index (κ3) is 4.46. The molecule has 0 radical (unpaired) electrons. The maximum atomic E-state index is 10.0. The Kier molecular flexibility index (Phi) is 5.15. The molecule has 0 aliphatic carbocycles. The third-order valence-electron chi connectivity index (χ3n) is 3.96. The number of ether oxygens (including phenoxy) is 1. The van der Waals surface area contributed by atoms with Crippen molar-refractivity contribution >= 4 is 5.82 Å². The van der Waals surface area contributed by atoms with Gasteiger partial charge in [0.05, 0.1) is 6.20 Å². The summed E-state index contributed by atoms with van der Waals surface area (Å²) in [4.78, 5) is 0. The lowest BCUT2D eigenvalue weighted by Crippen LogP contribution is -2.39. The third-order valence-corrected chi connectivity index (χ3v) is 3.96. The number of benzene rings is 1. The van der Waals surface area contributed by atoms with Crippen LogP contribution in [0.15, 0.2) is 36.5 Å². The number of nitrogens with one attached hydrogen (secondary N) is 2. The van der Waals surface area contributed by atoms with Crippen LogP contribution in [0, 0.1) is 12.8 Å². The van der Waals surface area contributed by atoms with Crippen LogP contribution in [0.1, 0.15) is 5.56 Å². The van der Waals surface area contributed by atoms with Gasteiger partial charge in [0.15, 0.2) is 0 Å². The summed E-state index contributed by atoms with van der Waals surface area (Å²) in [5, 5.41) is 21.0. The molecule has 23 heavy (non-hydrogen) atoms. The monoisotopic (exact) mass is 316 g/mol. The first-order chi connectivity index (χ1) is 11.2. The number of hydrogen-bond donors (Lipinski definition) is 3. The molecule has 2 heterocycles. The number of anilines is 1. The number of rotatable bonds is 7. The zero-order valence-corrected chi connectivity index (χ0v) is 13.4. The maximum absolute atomic E-state index is 10.0. The largest absolute Gasteiger partial charge is 0.491 e. The number of nitrogens with zero attached hydrogens (tertiary/aromatic N) is 2. The first-order valence-electron chi connectivity index (χ1n) is 8.04. The predicted octanol–water partition coefficient (Wildman–Crippen LogP) is 1.26. The Labute approximate surface area is 136 Å². The molecule has 0 bridgehead atoms. The molecule has 6 nitrogen and oxygen atoms in total. The van der Waals surface area contributed by atoms with Gasteiger partial charge in [-0.05, 0) is 24.6 Å². The summed E-state index contributed by atoms with van der Waals surface area (Å²) in [7, 11) is 0. The van der Waals surface area contributed by atoms with Crippen LogP contribution in [0.25, 0.3) is 0 Å². The van der Waals surface area contributed by atoms with Crippen LogP contribution in [0.3, 0.4) is 0 Å². The molecule has 1 aliphatic heterocycles. The highest BCUT2D eigenvalue weighted by Gasteiger charge is 2.18. The maximum Gasteiger partial charge on any atom is 0.124 e. The fourth-order valence-electron chi connectivity index (χ4n) is 2.73. The van der Waals surface area contributed by atoms with Gasteiger partial charge < -0.3 is 20.5 Å². The molecule has 0 saturated heterocycles. The molecule has 6 heteroatoms. The average Bonchev–Trinajstić information content (AvgIpc) is 3.01. The molecule has 3 N–H and O–H groups in total. The molecule has 0 spiro atoms. The lowest BCUT2D eigenvalue weighted by molar-refractivity contribution is 0.105. The van der Waals surface area contributed by atoms with Crippen LogP contribution in [0.2, 0.25) is 0 Å². The van der Waals surface area contributed by atoms with Crippen LogP contribution in [0.4, 0.5) is 5.82 Å². The van der Waals surface area contributed by atoms with Crippen molar-refractivity contribution in [3.8, 4) is 5.75 Å². The number of aromatic nitrogens is 2. The summed E-state index contributed by atoms with van der Waals surface area (Å²) in [6, 6.07) is 9.83. The van der Waals surface area contributed by atoms with E-state index in [2.05, 4.69) is 15.7 Å². The highest BCUT2D eigenvalue weighted by molar-refractivity contribution is 5.35. The van der Waals surface area contributed by atoms with Crippen molar-refractivity contribution in [1.82, 2.24) is 15.1 Å². The molecule has 2 atom stereocenters. The molecule has 124 valence electrons. The van der Waals surface area contributed by atoms with Crippen LogP contribution < -0.4 is 15.4 Å². The second kappa shape index (κ2) is 7.48. The van der Waals surface area contributed by atoms with E-state index in [9.17, 15) is 5.11 Å². The Balaban J connectivity index is 1.34. The van der Waals surface area contributed by atoms with Gasteiger partial charge in [0.1, 0.15) is 24.3 Å². The number of aliphatic hydroxyl groups excluding tert-OH is 1. The van der Waals surface area contributed by atoms with E-state index in [1.807, 2.05) is 48.1 Å². The number of hydrogen-bond acceptors (Lipinski definition) is 5. The molecule has 1 aliphatic rings. The van der Waals surface area contributed by atoms with Crippen LogP contribution in [-0.4, -0.2) is 47.2 Å². The first kappa shape index (κ1) is 15.8. The zero-order valence-electron chi connectivity index (χ0n) is 13.4. The summed E-state index contributed by atoms with van der Waals surface area (Å²) in [5.41, 5.74) is 1.15. The highest BCUT2D eigenvalue weighted by atomic mass is 16.5. The normalized spacial score (nSPS) is 18.1. The van der Waals surface area contributed by atoms with E-state index in [-0.39, 0.29) is 0 Å². The lowest BCUT2D eigenvalue weighted by Gasteiger charge is -2.25. The zero-order chi connectivity index (χ0) is 16.1. The molecule has 0 unspecified atom stereocenters. The smallest absolute Gasteiger partial charge is 0.124 e. The Morgan fingerprint density at radius 3 is 3.26 bits per heavy atom. The number of aliphatic hydroxyl groups is 1. The van der Waals surface area contributed by atoms with Crippen molar-refractivity contribution < 1.29 is 9.84 Å². The standard InChI is InChI=1S/C17H24N4O2/c1-13-3-2-4-16(7-13)23-12-15(22)10-18-8-14-9-19-17-5-6-20-21(17)11-14/h2-7,14-15,18-19,22H,8-12H2,1H3/t14-,15-/m1/s1. The molecular weight excluding hydrogens is 292 g/mol. The second-order valence-corrected chi connectivity index (χ2v) is 6.09. The van der Waals surface area contributed by atoms with Crippen molar-refractivity contribution in [1.29, 1.82) is 0 Å². The van der Waals surface area contributed by atoms with Crippen LogP contribution >= 0.6 is 0 Å². The fourth-order valence-corrected chi connectivity index (χ4v) is 2.73. The summed E-state index contributed by atoms with van der Waals surface area (Å²) in [6.07, 6.45) is 1.29. The van der Waals surface area contributed by atoms with E-state index in [0.29, 0.717) is 19.1 Å². The molecule has 1 aromatic heterocycles. The van der Waals surface area contributed by atoms with Gasteiger partial charge in [0.2, 0.25) is 0 Å². The van der Waals surface area contributed by atoms with E-state index in [0.717, 1.165) is 36.8 Å². The van der Waals surface area contributed by atoms with Gasteiger partial charge in [-0.2, -0.15) is 5.10 Å². The molecule has 0 amide bonds. The fraction of sp³-hybridized carbons (Fsp3) is 0.471. The van der Waals surface area contributed by atoms with Crippen molar-refractivity contribution in [2.75, 3.05) is 31.6 Å². The average molecular weight is 316 g/mol. The van der Waals surface area contributed by atoms with E-state index >= 15 is 0 Å². The van der Waals surface area contributed by atoms with E-state index in [4.69, 9.17) is 4.74 Å². The van der Waals surface area contributed by atoms with Crippen molar-refractivity contribution in [3.63, 3.8) is 0 Å². The second-order valence-electron chi connectivity index (χ2n) is 6.09.